The average molecular weight is 1090 g/mol. The molecule has 0 spiro atoms. The predicted octanol–water partition coefficient (Wildman–Crippen LogP) is 5.34. The molecule has 0 aromatic rings. The minimum absolute atomic E-state index is 0.0971. The zero-order valence-electron chi connectivity index (χ0n) is 45.5. The highest BCUT2D eigenvalue weighted by molar-refractivity contribution is 7.45. The molecule has 1 heterocycles. The summed E-state index contributed by atoms with van der Waals surface area (Å²) in [5, 5.41) is 109. The summed E-state index contributed by atoms with van der Waals surface area (Å²) in [6, 6.07) is -3.17. The van der Waals surface area contributed by atoms with Crippen LogP contribution in [0.4, 0.5) is 0 Å². The summed E-state index contributed by atoms with van der Waals surface area (Å²) in [5.74, 6) is -0.927. The summed E-state index contributed by atoms with van der Waals surface area (Å²) < 4.78 is 34.7. The van der Waals surface area contributed by atoms with E-state index in [0.29, 0.717) is 12.8 Å². The highest BCUT2D eigenvalue weighted by Gasteiger charge is 2.54. The molecule has 2 fully saturated rings. The van der Waals surface area contributed by atoms with Gasteiger partial charge in [0.25, 0.3) is 7.82 Å². The molecule has 0 aromatic heterocycles. The fourth-order valence-corrected chi connectivity index (χ4v) is 11.0. The molecule has 0 aromatic carbocycles. The molecule has 74 heavy (non-hydrogen) atoms. The Hall–Kier alpha value is -0.940. The molecule has 0 bridgehead atoms. The van der Waals surface area contributed by atoms with Crippen LogP contribution in [-0.2, 0) is 27.9 Å². The molecule has 1 aliphatic heterocycles. The Bertz CT molecular complexity index is 1430. The molecule has 1 saturated heterocycles. The van der Waals surface area contributed by atoms with Crippen molar-refractivity contribution >= 4 is 13.7 Å². The largest absolute Gasteiger partial charge is 0.756 e. The van der Waals surface area contributed by atoms with Gasteiger partial charge in [0.05, 0.1) is 31.4 Å². The van der Waals surface area contributed by atoms with Crippen molar-refractivity contribution in [1.29, 1.82) is 0 Å². The quantitative estimate of drug-likeness (QED) is 0.0270. The maximum atomic E-state index is 13.5. The number of nitrogens with two attached hydrogens (primary N) is 1. The SMILES string of the molecule is CCCCCCCCCCCCCCCCCCCCCCC(O)C(=O)NC(COP(=O)([O-])O[C@H]1[C@H](O)[C@@H](O)[C@H](O)[C@@H](O)[C@H]1O[C@H]1O[C@H](CO)[C@@H](O)[C@H](O)[C@H]1N)C(O)C(O)CCCCCCCCCCCCCC. The highest BCUT2D eigenvalue weighted by atomic mass is 31.2. The van der Waals surface area contributed by atoms with Gasteiger partial charge in [-0.2, -0.15) is 0 Å². The zero-order chi connectivity index (χ0) is 54.7. The van der Waals surface area contributed by atoms with Gasteiger partial charge in [0, 0.05) is 0 Å². The lowest BCUT2D eigenvalue weighted by Crippen LogP contribution is -2.68. The molecule has 13 N–H and O–H groups in total. The second-order valence-corrected chi connectivity index (χ2v) is 22.9. The van der Waals surface area contributed by atoms with Gasteiger partial charge in [0.2, 0.25) is 5.91 Å². The first-order valence-corrected chi connectivity index (χ1v) is 30.7. The molecular weight excluding hydrogens is 980 g/mol. The van der Waals surface area contributed by atoms with Crippen LogP contribution in [0.5, 0.6) is 0 Å². The van der Waals surface area contributed by atoms with Gasteiger partial charge in [-0.05, 0) is 12.8 Å². The van der Waals surface area contributed by atoms with E-state index < -0.39 is 119 Å². The number of phosphoric ester groups is 1. The maximum Gasteiger partial charge on any atom is 0.268 e. The number of aliphatic hydroxyl groups excluding tert-OH is 10. The molecule has 0 radical (unpaired) electrons. The third-order valence-corrected chi connectivity index (χ3v) is 16.0. The van der Waals surface area contributed by atoms with Crippen LogP contribution in [0.2, 0.25) is 0 Å². The van der Waals surface area contributed by atoms with Crippen molar-refractivity contribution in [1.82, 2.24) is 5.32 Å². The van der Waals surface area contributed by atoms with Crippen molar-refractivity contribution in [2.75, 3.05) is 13.2 Å². The highest BCUT2D eigenvalue weighted by Crippen LogP contribution is 2.44. The summed E-state index contributed by atoms with van der Waals surface area (Å²) in [7, 11) is -5.71. The van der Waals surface area contributed by atoms with Crippen LogP contribution in [0.25, 0.3) is 0 Å². The number of aliphatic hydroxyl groups is 10. The van der Waals surface area contributed by atoms with Crippen LogP contribution in [0, 0.1) is 0 Å². The monoisotopic (exact) mass is 1090 g/mol. The summed E-state index contributed by atoms with van der Waals surface area (Å²) in [4.78, 5) is 26.8. The Labute approximate surface area is 444 Å². The van der Waals surface area contributed by atoms with E-state index in [9.17, 15) is 65.3 Å². The second kappa shape index (κ2) is 41.1. The van der Waals surface area contributed by atoms with Crippen LogP contribution in [0.3, 0.4) is 0 Å². The number of hydrogen-bond acceptors (Lipinski definition) is 18. The lowest BCUT2D eigenvalue weighted by Gasteiger charge is -2.48. The third kappa shape index (κ3) is 27.8. The number of ether oxygens (including phenoxy) is 2. The summed E-state index contributed by atoms with van der Waals surface area (Å²) >= 11 is 0. The summed E-state index contributed by atoms with van der Waals surface area (Å²) in [6.07, 6.45) is 13.0. The Morgan fingerprint density at radius 3 is 1.35 bits per heavy atom. The molecule has 16 atom stereocenters. The van der Waals surface area contributed by atoms with Crippen LogP contribution in [-0.4, -0.2) is 162 Å². The van der Waals surface area contributed by atoms with Crippen LogP contribution < -0.4 is 15.9 Å². The van der Waals surface area contributed by atoms with E-state index in [-0.39, 0.29) is 12.8 Å². The number of carbonyl (C=O) groups excluding carboxylic acids is 1. The first kappa shape index (κ1) is 69.2. The Balaban J connectivity index is 1.93. The number of carbonyl (C=O) groups is 1. The fourth-order valence-electron chi connectivity index (χ4n) is 10.1. The molecule has 440 valence electrons. The van der Waals surface area contributed by atoms with E-state index in [2.05, 4.69) is 19.2 Å². The van der Waals surface area contributed by atoms with Gasteiger partial charge in [-0.25, -0.2) is 0 Å². The van der Waals surface area contributed by atoms with Gasteiger partial charge in [-0.3, -0.25) is 9.36 Å². The second-order valence-electron chi connectivity index (χ2n) is 21.5. The van der Waals surface area contributed by atoms with Crippen LogP contribution in [0.15, 0.2) is 0 Å². The standard InChI is InChI=1S/C54H107N2O17P/c1-3-5-7-9-11-13-15-17-18-19-20-21-22-23-24-26-28-30-32-34-36-41(59)53(67)56-39(44(60)40(58)35-33-31-29-27-25-16-14-12-10-8-6-4-2)38-70-74(68,69)73-52-50(66)48(64)47(63)49(65)51(52)72-54-43(55)46(62)45(61)42(37-57)71-54/h39-52,54,57-66H,3-38,55H2,1-2H3,(H,56,67)(H,68,69)/p-1/t39?,40?,41?,42-,43-,44?,45-,46-,47+,48+,49-,50-,51-,52+,54-/m1/s1. The van der Waals surface area contributed by atoms with Gasteiger partial charge in [0.15, 0.2) is 6.29 Å². The van der Waals surface area contributed by atoms with Gasteiger partial charge in [0.1, 0.15) is 67.1 Å². The van der Waals surface area contributed by atoms with Gasteiger partial charge >= 0.3 is 0 Å². The molecule has 2 rings (SSSR count). The lowest BCUT2D eigenvalue weighted by atomic mass is 9.84. The average Bonchev–Trinajstić information content (AvgIpc) is 3.38. The zero-order valence-corrected chi connectivity index (χ0v) is 46.4. The van der Waals surface area contributed by atoms with E-state index in [1.807, 2.05) is 0 Å². The Morgan fingerprint density at radius 1 is 0.568 bits per heavy atom. The van der Waals surface area contributed by atoms with Crippen LogP contribution in [0.1, 0.15) is 232 Å². The molecule has 2 aliphatic rings. The Morgan fingerprint density at radius 2 is 0.946 bits per heavy atom. The van der Waals surface area contributed by atoms with Gasteiger partial charge in [-0.15, -0.1) is 0 Å². The minimum Gasteiger partial charge on any atom is -0.756 e. The smallest absolute Gasteiger partial charge is 0.268 e. The number of nitrogens with one attached hydrogen (secondary N) is 1. The number of hydrogen-bond donors (Lipinski definition) is 12. The Kier molecular flexibility index (Phi) is 38.4. The van der Waals surface area contributed by atoms with Gasteiger partial charge < -0.3 is 85.5 Å². The van der Waals surface area contributed by atoms with Crippen molar-refractivity contribution in [2.24, 2.45) is 5.73 Å². The fraction of sp³-hybridized carbons (Fsp3) is 0.981. The number of unbranched alkanes of at least 4 members (excludes halogenated alkanes) is 30. The molecule has 1 aliphatic carbocycles. The molecule has 5 unspecified atom stereocenters. The number of rotatable bonds is 46. The molecule has 1 amide bonds. The first-order chi connectivity index (χ1) is 35.5. The summed E-state index contributed by atoms with van der Waals surface area (Å²) in [5.41, 5.74) is 5.96. The van der Waals surface area contributed by atoms with Crippen molar-refractivity contribution in [3.05, 3.63) is 0 Å². The molecular formula is C54H106N2O17P-. The molecule has 20 heteroatoms. The van der Waals surface area contributed by atoms with Crippen molar-refractivity contribution in [2.45, 2.75) is 324 Å². The van der Waals surface area contributed by atoms with Crippen molar-refractivity contribution in [3.8, 4) is 0 Å². The first-order valence-electron chi connectivity index (χ1n) is 29.2. The van der Waals surface area contributed by atoms with Crippen molar-refractivity contribution < 1.29 is 83.8 Å². The predicted molar refractivity (Wildman–Crippen MR) is 281 cm³/mol. The molecule has 19 nitrogen and oxygen atoms in total. The van der Waals surface area contributed by atoms with Crippen LogP contribution >= 0.6 is 7.82 Å². The number of amides is 1. The maximum absolute atomic E-state index is 13.5. The number of phosphoric acid groups is 1. The normalized spacial score (nSPS) is 27.9. The minimum atomic E-state index is -5.71. The van der Waals surface area contributed by atoms with Crippen molar-refractivity contribution in [3.63, 3.8) is 0 Å². The van der Waals surface area contributed by atoms with E-state index in [4.69, 9.17) is 24.3 Å². The lowest BCUT2D eigenvalue weighted by molar-refractivity contribution is -0.320. The third-order valence-electron chi connectivity index (χ3n) is 15.1. The summed E-state index contributed by atoms with van der Waals surface area (Å²) in [6.45, 7) is 2.60. The van der Waals surface area contributed by atoms with E-state index in [0.717, 1.165) is 57.8 Å². The molecule has 1 saturated carbocycles. The van der Waals surface area contributed by atoms with Gasteiger partial charge in [-0.1, -0.05) is 219 Å². The van der Waals surface area contributed by atoms with E-state index in [1.165, 1.54) is 135 Å². The van der Waals surface area contributed by atoms with E-state index >= 15 is 0 Å². The topological polar surface area (TPSA) is 334 Å². The van der Waals surface area contributed by atoms with E-state index in [1.54, 1.807) is 0 Å².